The SMILES string of the molecule is O=C(NCC(O)CO)OCC1c2ccccc2-c2ccccc21. The fourth-order valence-electron chi connectivity index (χ4n) is 2.92. The first-order chi connectivity index (χ1) is 11.2. The Kier molecular flexibility index (Phi) is 4.60. The molecule has 0 bridgehead atoms. The van der Waals surface area contributed by atoms with Crippen molar-refractivity contribution in [1.82, 2.24) is 5.32 Å². The highest BCUT2D eigenvalue weighted by atomic mass is 16.5. The molecule has 3 rings (SSSR count). The molecular weight excluding hydrogens is 294 g/mol. The molecule has 2 aromatic rings. The average Bonchev–Trinajstić information content (AvgIpc) is 2.92. The minimum absolute atomic E-state index is 0.0101. The molecule has 1 aliphatic carbocycles. The van der Waals surface area contributed by atoms with Crippen LogP contribution in [-0.2, 0) is 4.74 Å². The number of nitrogens with one attached hydrogen (secondary N) is 1. The van der Waals surface area contributed by atoms with Gasteiger partial charge in [0.2, 0.25) is 0 Å². The molecule has 1 amide bonds. The van der Waals surface area contributed by atoms with Crippen molar-refractivity contribution in [3.8, 4) is 11.1 Å². The predicted molar refractivity (Wildman–Crippen MR) is 86.2 cm³/mol. The molecule has 1 aliphatic rings. The lowest BCUT2D eigenvalue weighted by Crippen LogP contribution is -2.34. The lowest BCUT2D eigenvalue weighted by atomic mass is 9.98. The Balaban J connectivity index is 1.70. The van der Waals surface area contributed by atoms with Gasteiger partial charge >= 0.3 is 6.09 Å². The van der Waals surface area contributed by atoms with Crippen molar-refractivity contribution in [2.45, 2.75) is 12.0 Å². The maximum atomic E-state index is 11.7. The number of carbonyl (C=O) groups excluding carboxylic acids is 1. The highest BCUT2D eigenvalue weighted by molar-refractivity contribution is 5.79. The molecule has 0 radical (unpaired) electrons. The number of fused-ring (bicyclic) bond motifs is 3. The Morgan fingerprint density at radius 1 is 1.09 bits per heavy atom. The summed E-state index contributed by atoms with van der Waals surface area (Å²) >= 11 is 0. The van der Waals surface area contributed by atoms with Crippen LogP contribution in [-0.4, -0.2) is 42.2 Å². The van der Waals surface area contributed by atoms with Gasteiger partial charge < -0.3 is 20.3 Å². The molecule has 1 unspecified atom stereocenters. The number of aliphatic hydroxyl groups excluding tert-OH is 2. The van der Waals surface area contributed by atoms with Crippen LogP contribution >= 0.6 is 0 Å². The van der Waals surface area contributed by atoms with E-state index >= 15 is 0 Å². The zero-order chi connectivity index (χ0) is 16.2. The fraction of sp³-hybridized carbons (Fsp3) is 0.278. The lowest BCUT2D eigenvalue weighted by Gasteiger charge is -2.15. The van der Waals surface area contributed by atoms with E-state index in [1.807, 2.05) is 24.3 Å². The smallest absolute Gasteiger partial charge is 0.407 e. The molecule has 120 valence electrons. The fourth-order valence-corrected chi connectivity index (χ4v) is 2.92. The summed E-state index contributed by atoms with van der Waals surface area (Å²) in [6.07, 6.45) is -1.57. The van der Waals surface area contributed by atoms with E-state index in [1.54, 1.807) is 0 Å². The van der Waals surface area contributed by atoms with Crippen LogP contribution in [0.25, 0.3) is 11.1 Å². The number of hydrogen-bond acceptors (Lipinski definition) is 4. The van der Waals surface area contributed by atoms with Crippen molar-refractivity contribution in [2.75, 3.05) is 19.8 Å². The zero-order valence-corrected chi connectivity index (χ0v) is 12.6. The van der Waals surface area contributed by atoms with Crippen molar-refractivity contribution in [1.29, 1.82) is 0 Å². The average molecular weight is 313 g/mol. The van der Waals surface area contributed by atoms with Gasteiger partial charge in [-0.3, -0.25) is 0 Å². The first kappa shape index (κ1) is 15.5. The van der Waals surface area contributed by atoms with Gasteiger partial charge in [0.05, 0.1) is 12.7 Å². The Labute approximate surface area is 134 Å². The van der Waals surface area contributed by atoms with Gasteiger partial charge in [0, 0.05) is 12.5 Å². The van der Waals surface area contributed by atoms with Gasteiger partial charge in [-0.05, 0) is 22.3 Å². The molecule has 0 heterocycles. The first-order valence-electron chi connectivity index (χ1n) is 7.58. The highest BCUT2D eigenvalue weighted by Gasteiger charge is 2.28. The summed E-state index contributed by atoms with van der Waals surface area (Å²) in [7, 11) is 0. The quantitative estimate of drug-likeness (QED) is 0.787. The number of alkyl carbamates (subject to hydrolysis) is 1. The molecule has 0 spiro atoms. The summed E-state index contributed by atoms with van der Waals surface area (Å²) in [6, 6.07) is 16.2. The van der Waals surface area contributed by atoms with Crippen LogP contribution in [0.1, 0.15) is 17.0 Å². The molecule has 2 aromatic carbocycles. The van der Waals surface area contributed by atoms with E-state index in [1.165, 1.54) is 11.1 Å². The second-order valence-corrected chi connectivity index (χ2v) is 5.54. The molecule has 5 nitrogen and oxygen atoms in total. The van der Waals surface area contributed by atoms with Crippen LogP contribution in [0, 0.1) is 0 Å². The molecule has 3 N–H and O–H groups in total. The van der Waals surface area contributed by atoms with Gasteiger partial charge in [-0.25, -0.2) is 4.79 Å². The molecular formula is C18H19NO4. The summed E-state index contributed by atoms with van der Waals surface area (Å²) in [6.45, 7) is -0.202. The van der Waals surface area contributed by atoms with E-state index in [4.69, 9.17) is 9.84 Å². The van der Waals surface area contributed by atoms with Crippen molar-refractivity contribution >= 4 is 6.09 Å². The minimum atomic E-state index is -0.976. The molecule has 0 saturated heterocycles. The van der Waals surface area contributed by atoms with E-state index in [-0.39, 0.29) is 19.1 Å². The largest absolute Gasteiger partial charge is 0.449 e. The van der Waals surface area contributed by atoms with Crippen molar-refractivity contribution in [3.05, 3.63) is 59.7 Å². The third-order valence-electron chi connectivity index (χ3n) is 4.04. The predicted octanol–water partition coefficient (Wildman–Crippen LogP) is 1.88. The summed E-state index contributed by atoms with van der Waals surface area (Å²) in [4.78, 5) is 11.7. The Bertz CT molecular complexity index is 655. The third-order valence-corrected chi connectivity index (χ3v) is 4.04. The first-order valence-corrected chi connectivity index (χ1v) is 7.58. The number of ether oxygens (including phenoxy) is 1. The van der Waals surface area contributed by atoms with Crippen molar-refractivity contribution in [2.24, 2.45) is 0 Å². The van der Waals surface area contributed by atoms with Crippen molar-refractivity contribution < 1.29 is 19.7 Å². The minimum Gasteiger partial charge on any atom is -0.449 e. The number of aliphatic hydroxyl groups is 2. The maximum absolute atomic E-state index is 11.7. The summed E-state index contributed by atoms with van der Waals surface area (Å²) in [5.74, 6) is 0.0101. The van der Waals surface area contributed by atoms with E-state index in [2.05, 4.69) is 29.6 Å². The Morgan fingerprint density at radius 2 is 1.65 bits per heavy atom. The maximum Gasteiger partial charge on any atom is 0.407 e. The van der Waals surface area contributed by atoms with Gasteiger partial charge in [0.1, 0.15) is 6.61 Å². The lowest BCUT2D eigenvalue weighted by molar-refractivity contribution is 0.0882. The number of amides is 1. The monoisotopic (exact) mass is 313 g/mol. The summed E-state index contributed by atoms with van der Waals surface area (Å²) in [5.41, 5.74) is 4.65. The van der Waals surface area contributed by atoms with E-state index in [0.717, 1.165) is 11.1 Å². The molecule has 0 aromatic heterocycles. The van der Waals surface area contributed by atoms with Crippen LogP contribution in [0.5, 0.6) is 0 Å². The van der Waals surface area contributed by atoms with E-state index in [9.17, 15) is 9.90 Å². The van der Waals surface area contributed by atoms with Gasteiger partial charge in [0.25, 0.3) is 0 Å². The number of benzene rings is 2. The van der Waals surface area contributed by atoms with Gasteiger partial charge in [0.15, 0.2) is 0 Å². The zero-order valence-electron chi connectivity index (χ0n) is 12.6. The van der Waals surface area contributed by atoms with Gasteiger partial charge in [-0.1, -0.05) is 48.5 Å². The Hall–Kier alpha value is -2.37. The molecule has 23 heavy (non-hydrogen) atoms. The van der Waals surface area contributed by atoms with Crippen LogP contribution < -0.4 is 5.32 Å². The summed E-state index contributed by atoms with van der Waals surface area (Å²) in [5, 5.41) is 20.4. The molecule has 5 heteroatoms. The highest BCUT2D eigenvalue weighted by Crippen LogP contribution is 2.44. The van der Waals surface area contributed by atoms with Crippen LogP contribution in [0.4, 0.5) is 4.79 Å². The van der Waals surface area contributed by atoms with Crippen LogP contribution in [0.2, 0.25) is 0 Å². The van der Waals surface area contributed by atoms with E-state index < -0.39 is 18.8 Å². The molecule has 1 atom stereocenters. The normalized spacial score (nSPS) is 14.0. The number of rotatable bonds is 5. The van der Waals surface area contributed by atoms with Crippen LogP contribution in [0.15, 0.2) is 48.5 Å². The second kappa shape index (κ2) is 6.81. The molecule has 0 saturated carbocycles. The Morgan fingerprint density at radius 3 is 2.22 bits per heavy atom. The molecule has 0 aliphatic heterocycles. The van der Waals surface area contributed by atoms with Crippen molar-refractivity contribution in [3.63, 3.8) is 0 Å². The third kappa shape index (κ3) is 3.21. The van der Waals surface area contributed by atoms with E-state index in [0.29, 0.717) is 0 Å². The van der Waals surface area contributed by atoms with Gasteiger partial charge in [-0.2, -0.15) is 0 Å². The number of carbonyl (C=O) groups is 1. The summed E-state index contributed by atoms with van der Waals surface area (Å²) < 4.78 is 5.29. The van der Waals surface area contributed by atoms with Crippen LogP contribution in [0.3, 0.4) is 0 Å². The topological polar surface area (TPSA) is 78.8 Å². The standard InChI is InChI=1S/C18H19NO4/c20-10-12(21)9-19-18(22)23-11-17-15-7-3-1-5-13(15)14-6-2-4-8-16(14)17/h1-8,12,17,20-21H,9-11H2,(H,19,22). The second-order valence-electron chi connectivity index (χ2n) is 5.54. The van der Waals surface area contributed by atoms with Gasteiger partial charge in [-0.15, -0.1) is 0 Å². The number of hydrogen-bond donors (Lipinski definition) is 3. The molecule has 0 fully saturated rings.